The summed E-state index contributed by atoms with van der Waals surface area (Å²) in [5, 5.41) is 8.91. The summed E-state index contributed by atoms with van der Waals surface area (Å²) in [6.07, 6.45) is 3.98. The molecule has 3 aliphatic carbocycles. The molecule has 0 radical (unpaired) electrons. The fourth-order valence-corrected chi connectivity index (χ4v) is 2.78. The maximum atomic E-state index is 10.8. The average molecular weight is 169 g/mol. The van der Waals surface area contributed by atoms with Gasteiger partial charge in [-0.1, -0.05) is 0 Å². The molecule has 2 bridgehead atoms. The lowest BCUT2D eigenvalue weighted by Crippen LogP contribution is -2.47. The van der Waals surface area contributed by atoms with E-state index in [1.807, 2.05) is 0 Å². The van der Waals surface area contributed by atoms with Crippen LogP contribution in [0.1, 0.15) is 25.7 Å². The summed E-state index contributed by atoms with van der Waals surface area (Å²) in [5.74, 6) is 0.138. The topological polar surface area (TPSA) is 63.3 Å². The first-order valence-electron chi connectivity index (χ1n) is 4.67. The molecular weight excluding hydrogens is 154 g/mol. The van der Waals surface area contributed by atoms with Gasteiger partial charge in [-0.2, -0.15) is 0 Å². The summed E-state index contributed by atoms with van der Waals surface area (Å²) in [6.45, 7) is 0. The number of carboxylic acid groups (broad SMARTS) is 1. The minimum Gasteiger partial charge on any atom is -0.481 e. The molecule has 4 atom stereocenters. The summed E-state index contributed by atoms with van der Waals surface area (Å²) in [4.78, 5) is 10.8. The Morgan fingerprint density at radius 3 is 2.33 bits per heavy atom. The Morgan fingerprint density at radius 1 is 1.25 bits per heavy atom. The highest BCUT2D eigenvalue weighted by molar-refractivity contribution is 5.70. The number of fused-ring (bicyclic) bond motifs is 3. The molecule has 3 fully saturated rings. The first-order chi connectivity index (χ1) is 5.68. The number of nitrogens with two attached hydrogens (primary N) is 1. The fraction of sp³-hybridized carbons (Fsp3) is 0.889. The van der Waals surface area contributed by atoms with Crippen LogP contribution >= 0.6 is 0 Å². The Labute approximate surface area is 71.9 Å². The van der Waals surface area contributed by atoms with Crippen LogP contribution in [0.5, 0.6) is 0 Å². The lowest BCUT2D eigenvalue weighted by Gasteiger charge is -2.44. The van der Waals surface area contributed by atoms with Crippen molar-refractivity contribution in [1.29, 1.82) is 0 Å². The van der Waals surface area contributed by atoms with Gasteiger partial charge in [0.25, 0.3) is 0 Å². The van der Waals surface area contributed by atoms with Crippen LogP contribution < -0.4 is 5.73 Å². The van der Waals surface area contributed by atoms with Crippen molar-refractivity contribution in [3.8, 4) is 0 Å². The van der Waals surface area contributed by atoms with E-state index in [1.54, 1.807) is 0 Å². The molecule has 3 heteroatoms. The van der Waals surface area contributed by atoms with E-state index in [0.29, 0.717) is 11.8 Å². The third-order valence-corrected chi connectivity index (χ3v) is 3.53. The lowest BCUT2D eigenvalue weighted by atomic mass is 9.62. The summed E-state index contributed by atoms with van der Waals surface area (Å²) >= 11 is 0. The smallest absolute Gasteiger partial charge is 0.306 e. The van der Waals surface area contributed by atoms with E-state index >= 15 is 0 Å². The maximum absolute atomic E-state index is 10.8. The van der Waals surface area contributed by atoms with Crippen LogP contribution in [0.3, 0.4) is 0 Å². The van der Waals surface area contributed by atoms with Crippen molar-refractivity contribution in [3.63, 3.8) is 0 Å². The highest BCUT2D eigenvalue weighted by atomic mass is 16.4. The number of carboxylic acids is 1. The van der Waals surface area contributed by atoms with Crippen LogP contribution in [0.4, 0.5) is 0 Å². The van der Waals surface area contributed by atoms with Crippen molar-refractivity contribution in [2.24, 2.45) is 23.5 Å². The van der Waals surface area contributed by atoms with Gasteiger partial charge in [-0.15, -0.1) is 0 Å². The normalized spacial score (nSPS) is 46.1. The predicted octanol–water partition coefficient (Wildman–Crippen LogP) is 0.834. The van der Waals surface area contributed by atoms with Gasteiger partial charge in [-0.05, 0) is 37.5 Å². The summed E-state index contributed by atoms with van der Waals surface area (Å²) in [7, 11) is 0. The lowest BCUT2D eigenvalue weighted by molar-refractivity contribution is -0.147. The predicted molar refractivity (Wildman–Crippen MR) is 44.5 cm³/mol. The number of rotatable bonds is 1. The highest BCUT2D eigenvalue weighted by Gasteiger charge is 2.43. The first kappa shape index (κ1) is 8.05. The van der Waals surface area contributed by atoms with Gasteiger partial charge in [-0.3, -0.25) is 4.79 Å². The first-order valence-corrected chi connectivity index (χ1v) is 4.67. The molecule has 0 saturated heterocycles. The van der Waals surface area contributed by atoms with Crippen molar-refractivity contribution in [3.05, 3.63) is 0 Å². The zero-order valence-electron chi connectivity index (χ0n) is 7.07. The molecular formula is C9H15NO2. The molecule has 0 heterocycles. The third-order valence-electron chi connectivity index (χ3n) is 3.53. The summed E-state index contributed by atoms with van der Waals surface area (Å²) in [6, 6.07) is 0.277. The molecule has 3 nitrogen and oxygen atoms in total. The summed E-state index contributed by atoms with van der Waals surface area (Å²) < 4.78 is 0. The number of carbonyl (C=O) groups is 1. The molecule has 3 rings (SSSR count). The molecule has 0 aromatic rings. The van der Waals surface area contributed by atoms with Gasteiger partial charge in [-0.25, -0.2) is 0 Å². The van der Waals surface area contributed by atoms with Crippen LogP contribution in [0.15, 0.2) is 0 Å². The van der Waals surface area contributed by atoms with E-state index in [1.165, 1.54) is 0 Å². The second kappa shape index (κ2) is 2.73. The van der Waals surface area contributed by atoms with Crippen molar-refractivity contribution in [2.45, 2.75) is 31.7 Å². The zero-order valence-corrected chi connectivity index (χ0v) is 7.07. The SMILES string of the molecule is N[C@@H]1C[C@H]2CC[C@@H]1C[C@H]2C(=O)O. The molecule has 0 aromatic carbocycles. The second-order valence-electron chi connectivity index (χ2n) is 4.18. The molecule has 0 unspecified atom stereocenters. The molecule has 3 saturated carbocycles. The quantitative estimate of drug-likeness (QED) is 0.611. The van der Waals surface area contributed by atoms with Gasteiger partial charge in [0, 0.05) is 6.04 Å². The van der Waals surface area contributed by atoms with Crippen molar-refractivity contribution < 1.29 is 9.90 Å². The van der Waals surface area contributed by atoms with Crippen LogP contribution in [0, 0.1) is 17.8 Å². The molecule has 0 aromatic heterocycles. The van der Waals surface area contributed by atoms with Gasteiger partial charge in [0.05, 0.1) is 5.92 Å². The van der Waals surface area contributed by atoms with E-state index in [2.05, 4.69) is 0 Å². The van der Waals surface area contributed by atoms with E-state index in [0.717, 1.165) is 25.7 Å². The van der Waals surface area contributed by atoms with Crippen molar-refractivity contribution >= 4 is 5.97 Å². The minimum atomic E-state index is -0.614. The van der Waals surface area contributed by atoms with Gasteiger partial charge in [0.1, 0.15) is 0 Å². The van der Waals surface area contributed by atoms with E-state index < -0.39 is 5.97 Å². The highest BCUT2D eigenvalue weighted by Crippen LogP contribution is 2.44. The Morgan fingerprint density at radius 2 is 1.92 bits per heavy atom. The second-order valence-corrected chi connectivity index (χ2v) is 4.18. The molecule has 0 spiro atoms. The Kier molecular flexibility index (Phi) is 1.83. The molecule has 0 aliphatic heterocycles. The van der Waals surface area contributed by atoms with Gasteiger partial charge >= 0.3 is 5.97 Å². The van der Waals surface area contributed by atoms with Crippen molar-refractivity contribution in [2.75, 3.05) is 0 Å². The van der Waals surface area contributed by atoms with Crippen LogP contribution in [0.25, 0.3) is 0 Å². The maximum Gasteiger partial charge on any atom is 0.306 e. The van der Waals surface area contributed by atoms with E-state index in [4.69, 9.17) is 10.8 Å². The van der Waals surface area contributed by atoms with Crippen LogP contribution in [-0.2, 0) is 4.79 Å². The minimum absolute atomic E-state index is 0.0939. The standard InChI is InChI=1S/C9H15NO2/c10-8-4-5-1-2-6(8)3-7(5)9(11)12/h5-8H,1-4,10H2,(H,11,12)/t5-,6-,7-,8-/m1/s1. The fourth-order valence-electron chi connectivity index (χ4n) is 2.78. The van der Waals surface area contributed by atoms with Crippen LogP contribution in [0.2, 0.25) is 0 Å². The van der Waals surface area contributed by atoms with Gasteiger partial charge < -0.3 is 10.8 Å². The monoisotopic (exact) mass is 169 g/mol. The van der Waals surface area contributed by atoms with Gasteiger partial charge in [0.2, 0.25) is 0 Å². The molecule has 12 heavy (non-hydrogen) atoms. The average Bonchev–Trinajstić information content (AvgIpc) is 2.04. The largest absolute Gasteiger partial charge is 0.481 e. The number of hydrogen-bond donors (Lipinski definition) is 2. The number of aliphatic carboxylic acids is 1. The van der Waals surface area contributed by atoms with E-state index in [9.17, 15) is 4.79 Å². The Hall–Kier alpha value is -0.570. The summed E-state index contributed by atoms with van der Waals surface area (Å²) in [5.41, 5.74) is 5.89. The van der Waals surface area contributed by atoms with Crippen molar-refractivity contribution in [1.82, 2.24) is 0 Å². The molecule has 68 valence electrons. The molecule has 0 amide bonds. The third kappa shape index (κ3) is 1.12. The Balaban J connectivity index is 2.10. The van der Waals surface area contributed by atoms with E-state index in [-0.39, 0.29) is 12.0 Å². The number of hydrogen-bond acceptors (Lipinski definition) is 2. The molecule has 3 aliphatic rings. The van der Waals surface area contributed by atoms with Crippen LogP contribution in [-0.4, -0.2) is 17.1 Å². The zero-order chi connectivity index (χ0) is 8.72. The van der Waals surface area contributed by atoms with Gasteiger partial charge in [0.15, 0.2) is 0 Å². The molecule has 3 N–H and O–H groups in total. The Bertz CT molecular complexity index is 205.